The van der Waals surface area contributed by atoms with Gasteiger partial charge in [-0.2, -0.15) is 0 Å². The standard InChI is InChI=1S/C28H37N3O5/c1-20(2)17-31-27(33)30(18-21-6-9-23(34-3)10-7-21)26(32)28(31)12-14-29(15-13-28)19-22-8-11-24(35-4)16-25(22)36-5/h6-11,16,20H,12-15,17-19H2,1-5H3. The van der Waals surface area contributed by atoms with E-state index in [1.165, 1.54) is 4.90 Å². The van der Waals surface area contributed by atoms with E-state index in [-0.39, 0.29) is 24.4 Å². The highest BCUT2D eigenvalue weighted by molar-refractivity contribution is 6.07. The van der Waals surface area contributed by atoms with Crippen LogP contribution in [-0.4, -0.2) is 73.1 Å². The molecular weight excluding hydrogens is 458 g/mol. The van der Waals surface area contributed by atoms with Crippen molar-refractivity contribution in [2.45, 2.75) is 45.3 Å². The Morgan fingerprint density at radius 3 is 2.08 bits per heavy atom. The molecule has 0 aromatic heterocycles. The van der Waals surface area contributed by atoms with Crippen LogP contribution in [0.15, 0.2) is 42.5 Å². The van der Waals surface area contributed by atoms with Gasteiger partial charge < -0.3 is 19.1 Å². The van der Waals surface area contributed by atoms with E-state index in [2.05, 4.69) is 18.7 Å². The lowest BCUT2D eigenvalue weighted by Gasteiger charge is -2.42. The SMILES string of the molecule is COc1ccc(CN2C(=O)N(CC(C)C)C3(CCN(Cc4ccc(OC)cc4OC)CC3)C2=O)cc1. The smallest absolute Gasteiger partial charge is 0.327 e. The van der Waals surface area contributed by atoms with E-state index >= 15 is 0 Å². The van der Waals surface area contributed by atoms with Crippen molar-refractivity contribution in [1.82, 2.24) is 14.7 Å². The second-order valence-electron chi connectivity index (χ2n) is 10.0. The first-order valence-electron chi connectivity index (χ1n) is 12.5. The minimum absolute atomic E-state index is 0.0781. The van der Waals surface area contributed by atoms with Crippen molar-refractivity contribution in [2.75, 3.05) is 41.0 Å². The Morgan fingerprint density at radius 2 is 1.50 bits per heavy atom. The second kappa shape index (κ2) is 10.8. The number of carbonyl (C=O) groups is 2. The zero-order valence-corrected chi connectivity index (χ0v) is 22.0. The highest BCUT2D eigenvalue weighted by Crippen LogP contribution is 2.39. The molecule has 0 unspecified atom stereocenters. The van der Waals surface area contributed by atoms with Gasteiger partial charge in [0.2, 0.25) is 0 Å². The highest BCUT2D eigenvalue weighted by atomic mass is 16.5. The molecule has 0 saturated carbocycles. The van der Waals surface area contributed by atoms with Gasteiger partial charge in [-0.25, -0.2) is 4.79 Å². The van der Waals surface area contributed by atoms with Crippen molar-refractivity contribution in [2.24, 2.45) is 5.92 Å². The summed E-state index contributed by atoms with van der Waals surface area (Å²) in [5.41, 5.74) is 1.19. The summed E-state index contributed by atoms with van der Waals surface area (Å²) in [5.74, 6) is 2.47. The molecule has 2 saturated heterocycles. The molecule has 0 atom stereocenters. The third-order valence-electron chi connectivity index (χ3n) is 7.24. The summed E-state index contributed by atoms with van der Waals surface area (Å²) in [6.45, 7) is 7.16. The van der Waals surface area contributed by atoms with Gasteiger partial charge >= 0.3 is 6.03 Å². The number of ether oxygens (including phenoxy) is 3. The van der Waals surface area contributed by atoms with Crippen molar-refractivity contribution < 1.29 is 23.8 Å². The predicted octanol–water partition coefficient (Wildman–Crippen LogP) is 4.17. The van der Waals surface area contributed by atoms with Gasteiger partial charge in [-0.15, -0.1) is 0 Å². The molecule has 8 nitrogen and oxygen atoms in total. The fraction of sp³-hybridized carbons (Fsp3) is 0.500. The number of hydrogen-bond acceptors (Lipinski definition) is 6. The maximum atomic E-state index is 13.8. The number of urea groups is 1. The fourth-order valence-electron chi connectivity index (χ4n) is 5.24. The second-order valence-corrected chi connectivity index (χ2v) is 10.0. The summed E-state index contributed by atoms with van der Waals surface area (Å²) in [4.78, 5) is 33.0. The molecule has 194 valence electrons. The van der Waals surface area contributed by atoms with Gasteiger partial charge in [0.15, 0.2) is 0 Å². The van der Waals surface area contributed by atoms with Crippen LogP contribution >= 0.6 is 0 Å². The topological polar surface area (TPSA) is 71.6 Å². The zero-order valence-electron chi connectivity index (χ0n) is 22.0. The monoisotopic (exact) mass is 495 g/mol. The van der Waals surface area contributed by atoms with Gasteiger partial charge in [-0.1, -0.05) is 32.0 Å². The number of benzene rings is 2. The van der Waals surface area contributed by atoms with Crippen LogP contribution in [0, 0.1) is 5.92 Å². The van der Waals surface area contributed by atoms with E-state index in [4.69, 9.17) is 14.2 Å². The Morgan fingerprint density at radius 1 is 0.861 bits per heavy atom. The van der Waals surface area contributed by atoms with Crippen LogP contribution < -0.4 is 14.2 Å². The number of nitrogens with zero attached hydrogens (tertiary/aromatic N) is 3. The Bertz CT molecular complexity index is 1080. The molecular formula is C28H37N3O5. The summed E-state index contributed by atoms with van der Waals surface area (Å²) >= 11 is 0. The third kappa shape index (κ3) is 5.00. The first kappa shape index (κ1) is 25.8. The Labute approximate surface area is 213 Å². The highest BCUT2D eigenvalue weighted by Gasteiger charge is 2.57. The largest absolute Gasteiger partial charge is 0.497 e. The molecule has 36 heavy (non-hydrogen) atoms. The number of rotatable bonds is 9. The van der Waals surface area contributed by atoms with Crippen LogP contribution in [0.5, 0.6) is 17.2 Å². The van der Waals surface area contributed by atoms with E-state index in [0.717, 1.165) is 41.5 Å². The van der Waals surface area contributed by atoms with Gasteiger partial charge in [0.25, 0.3) is 5.91 Å². The van der Waals surface area contributed by atoms with Crippen LogP contribution in [0.3, 0.4) is 0 Å². The van der Waals surface area contributed by atoms with Crippen molar-refractivity contribution in [3.63, 3.8) is 0 Å². The van der Waals surface area contributed by atoms with Crippen LogP contribution in [0.2, 0.25) is 0 Å². The number of carbonyl (C=O) groups excluding carboxylic acids is 2. The van der Waals surface area contributed by atoms with Gasteiger partial charge in [0.05, 0.1) is 27.9 Å². The van der Waals surface area contributed by atoms with Gasteiger partial charge in [-0.05, 0) is 42.5 Å². The fourth-order valence-corrected chi connectivity index (χ4v) is 5.24. The molecule has 3 amide bonds. The molecule has 0 radical (unpaired) electrons. The van der Waals surface area contributed by atoms with Crippen LogP contribution in [0.4, 0.5) is 4.79 Å². The summed E-state index contributed by atoms with van der Waals surface area (Å²) in [6.07, 6.45) is 1.23. The Kier molecular flexibility index (Phi) is 7.73. The normalized spacial score (nSPS) is 17.8. The molecule has 2 aromatic rings. The van der Waals surface area contributed by atoms with Crippen molar-refractivity contribution in [3.05, 3.63) is 53.6 Å². The molecule has 4 rings (SSSR count). The lowest BCUT2D eigenvalue weighted by atomic mass is 9.85. The van der Waals surface area contributed by atoms with Crippen molar-refractivity contribution in [1.29, 1.82) is 0 Å². The summed E-state index contributed by atoms with van der Waals surface area (Å²) in [5, 5.41) is 0. The van der Waals surface area contributed by atoms with E-state index in [9.17, 15) is 9.59 Å². The maximum absolute atomic E-state index is 13.8. The van der Waals surface area contributed by atoms with Crippen LogP contribution in [-0.2, 0) is 17.9 Å². The Hall–Kier alpha value is -3.26. The average Bonchev–Trinajstić information content (AvgIpc) is 3.07. The van der Waals surface area contributed by atoms with Crippen molar-refractivity contribution >= 4 is 11.9 Å². The first-order valence-corrected chi connectivity index (χ1v) is 12.5. The van der Waals surface area contributed by atoms with Gasteiger partial charge in [0, 0.05) is 37.8 Å². The molecule has 8 heteroatoms. The molecule has 0 bridgehead atoms. The molecule has 2 aliphatic heterocycles. The molecule has 2 fully saturated rings. The van der Waals surface area contributed by atoms with Gasteiger partial charge in [-0.3, -0.25) is 14.6 Å². The summed E-state index contributed by atoms with van der Waals surface area (Å²) in [6, 6.07) is 13.2. The van der Waals surface area contributed by atoms with E-state index in [1.54, 1.807) is 21.3 Å². The van der Waals surface area contributed by atoms with Crippen LogP contribution in [0.25, 0.3) is 0 Å². The van der Waals surface area contributed by atoms with Crippen LogP contribution in [0.1, 0.15) is 37.8 Å². The molecule has 2 aromatic carbocycles. The number of amides is 3. The van der Waals surface area contributed by atoms with E-state index in [0.29, 0.717) is 25.9 Å². The van der Waals surface area contributed by atoms with Gasteiger partial charge in [0.1, 0.15) is 22.8 Å². The minimum Gasteiger partial charge on any atom is -0.497 e. The minimum atomic E-state index is -0.783. The molecule has 2 heterocycles. The van der Waals surface area contributed by atoms with Crippen molar-refractivity contribution in [3.8, 4) is 17.2 Å². The number of likely N-dealkylation sites (tertiary alicyclic amines) is 1. The number of methoxy groups -OCH3 is 3. The summed E-state index contributed by atoms with van der Waals surface area (Å²) < 4.78 is 16.1. The van der Waals surface area contributed by atoms with E-state index < -0.39 is 5.54 Å². The lowest BCUT2D eigenvalue weighted by Crippen LogP contribution is -2.57. The lowest BCUT2D eigenvalue weighted by molar-refractivity contribution is -0.136. The quantitative estimate of drug-likeness (QED) is 0.487. The molecule has 0 aliphatic carbocycles. The number of hydrogen-bond donors (Lipinski definition) is 0. The van der Waals surface area contributed by atoms with E-state index in [1.807, 2.05) is 47.4 Å². The molecule has 1 spiro atoms. The third-order valence-corrected chi connectivity index (χ3v) is 7.24. The number of piperidine rings is 1. The summed E-state index contributed by atoms with van der Waals surface area (Å²) in [7, 11) is 4.92. The zero-order chi connectivity index (χ0) is 25.9. The molecule has 0 N–H and O–H groups in total. The predicted molar refractivity (Wildman–Crippen MR) is 137 cm³/mol. The Balaban J connectivity index is 1.51. The number of imide groups is 1. The maximum Gasteiger partial charge on any atom is 0.327 e. The average molecular weight is 496 g/mol. The molecule has 2 aliphatic rings. The first-order chi connectivity index (χ1) is 17.3.